The van der Waals surface area contributed by atoms with E-state index in [1.165, 1.54) is 0 Å². The highest BCUT2D eigenvalue weighted by Crippen LogP contribution is 2.06. The summed E-state index contributed by atoms with van der Waals surface area (Å²) < 4.78 is 13.0. The Labute approximate surface area is 67.6 Å². The van der Waals surface area contributed by atoms with Crippen LogP contribution in [0.25, 0.3) is 0 Å². The smallest absolute Gasteiger partial charge is 0.175 e. The van der Waals surface area contributed by atoms with Gasteiger partial charge in [-0.05, 0) is 16.4 Å². The number of halogens is 1. The first-order chi connectivity index (χ1) is 4.84. The number of nitrogens with one attached hydrogen (secondary N) is 1. The van der Waals surface area contributed by atoms with Crippen LogP contribution in [0, 0.1) is 0 Å². The van der Waals surface area contributed by atoms with E-state index in [1.807, 2.05) is 18.2 Å². The van der Waals surface area contributed by atoms with E-state index in [-0.39, 0.29) is 0 Å². The zero-order chi connectivity index (χ0) is 7.40. The summed E-state index contributed by atoms with van der Waals surface area (Å²) in [7, 11) is 0. The van der Waals surface area contributed by atoms with Gasteiger partial charge in [-0.1, -0.05) is 18.2 Å². The van der Waals surface area contributed by atoms with Crippen LogP contribution >= 0.6 is 11.8 Å². The minimum atomic E-state index is -1.27. The van der Waals surface area contributed by atoms with Gasteiger partial charge in [0.2, 0.25) is 0 Å². The second-order valence-corrected chi connectivity index (χ2v) is 3.29. The first-order valence-electron chi connectivity index (χ1n) is 2.67. The molecular weight excluding hydrogens is 170 g/mol. The van der Waals surface area contributed by atoms with Crippen molar-refractivity contribution in [2.45, 2.75) is 4.90 Å². The Balaban J connectivity index is 2.75. The molecule has 1 rings (SSSR count). The Hall–Kier alpha value is -0.220. The van der Waals surface area contributed by atoms with E-state index in [9.17, 15) is 4.55 Å². The molecule has 1 aromatic carbocycles. The van der Waals surface area contributed by atoms with Gasteiger partial charge in [-0.2, -0.15) is 0 Å². The molecule has 0 radical (unpaired) electrons. The standard InChI is InChI=1S/C6H6ClNOS/c7-8-10(9)6-4-2-1-3-5-6/h1-5,8H. The van der Waals surface area contributed by atoms with Crippen LogP contribution in [0.3, 0.4) is 0 Å². The van der Waals surface area contributed by atoms with Gasteiger partial charge in [0.05, 0.1) is 11.4 Å². The average Bonchev–Trinajstić information content (AvgIpc) is 2.05. The van der Waals surface area contributed by atoms with Gasteiger partial charge in [-0.15, -0.1) is 0 Å². The third-order valence-electron chi connectivity index (χ3n) is 1.03. The number of hydrogen-bond acceptors (Lipinski definition) is 2. The number of hydrogen-bond donors (Lipinski definition) is 1. The van der Waals surface area contributed by atoms with Crippen LogP contribution in [0.1, 0.15) is 0 Å². The SMILES string of the molecule is [O-][S+](NCl)c1ccccc1. The normalized spacial score (nSPS) is 13.0. The van der Waals surface area contributed by atoms with Crippen LogP contribution in [0.15, 0.2) is 35.2 Å². The molecule has 0 heterocycles. The van der Waals surface area contributed by atoms with E-state index < -0.39 is 11.4 Å². The molecule has 1 atom stereocenters. The summed E-state index contributed by atoms with van der Waals surface area (Å²) >= 11 is 3.86. The molecule has 1 aromatic rings. The molecule has 0 saturated carbocycles. The van der Waals surface area contributed by atoms with Crippen LogP contribution in [-0.4, -0.2) is 4.55 Å². The first kappa shape index (κ1) is 7.88. The lowest BCUT2D eigenvalue weighted by Crippen LogP contribution is -2.12. The van der Waals surface area contributed by atoms with E-state index in [2.05, 4.69) is 4.24 Å². The summed E-state index contributed by atoms with van der Waals surface area (Å²) in [6.45, 7) is 0. The Kier molecular flexibility index (Phi) is 3.02. The van der Waals surface area contributed by atoms with Gasteiger partial charge in [-0.3, -0.25) is 0 Å². The highest BCUT2D eigenvalue weighted by molar-refractivity contribution is 7.90. The van der Waals surface area contributed by atoms with Gasteiger partial charge >= 0.3 is 0 Å². The maximum Gasteiger partial charge on any atom is 0.175 e. The fraction of sp³-hybridized carbons (Fsp3) is 0. The van der Waals surface area contributed by atoms with Crippen molar-refractivity contribution in [3.05, 3.63) is 30.3 Å². The van der Waals surface area contributed by atoms with Gasteiger partial charge in [0.25, 0.3) is 0 Å². The van der Waals surface area contributed by atoms with Crippen molar-refractivity contribution in [3.63, 3.8) is 0 Å². The van der Waals surface area contributed by atoms with E-state index in [0.29, 0.717) is 4.90 Å². The number of benzene rings is 1. The number of rotatable bonds is 2. The van der Waals surface area contributed by atoms with Crippen LogP contribution in [-0.2, 0) is 11.4 Å². The second kappa shape index (κ2) is 3.83. The monoisotopic (exact) mass is 175 g/mol. The maximum absolute atomic E-state index is 10.9. The fourth-order valence-electron chi connectivity index (χ4n) is 0.589. The molecule has 10 heavy (non-hydrogen) atoms. The van der Waals surface area contributed by atoms with Crippen molar-refractivity contribution >= 4 is 23.1 Å². The molecule has 0 saturated heterocycles. The zero-order valence-corrected chi connectivity index (χ0v) is 6.65. The minimum Gasteiger partial charge on any atom is -0.592 e. The Morgan fingerprint density at radius 1 is 1.30 bits per heavy atom. The summed E-state index contributed by atoms with van der Waals surface area (Å²) in [5.74, 6) is 0. The first-order valence-corrected chi connectivity index (χ1v) is 4.20. The highest BCUT2D eigenvalue weighted by atomic mass is 35.5. The molecule has 4 heteroatoms. The van der Waals surface area contributed by atoms with Gasteiger partial charge in [0.1, 0.15) is 0 Å². The minimum absolute atomic E-state index is 0.678. The fourth-order valence-corrected chi connectivity index (χ4v) is 1.35. The van der Waals surface area contributed by atoms with E-state index in [1.54, 1.807) is 12.1 Å². The molecule has 0 aromatic heterocycles. The summed E-state index contributed by atoms with van der Waals surface area (Å²) in [6.07, 6.45) is 0. The molecule has 0 aliphatic heterocycles. The van der Waals surface area contributed by atoms with Crippen molar-refractivity contribution < 1.29 is 4.55 Å². The molecule has 1 N–H and O–H groups in total. The maximum atomic E-state index is 10.9. The quantitative estimate of drug-likeness (QED) is 0.546. The van der Waals surface area contributed by atoms with Crippen molar-refractivity contribution in [1.82, 2.24) is 4.24 Å². The van der Waals surface area contributed by atoms with Crippen LogP contribution in [0.4, 0.5) is 0 Å². The Bertz CT molecular complexity index is 194. The topological polar surface area (TPSA) is 35.1 Å². The van der Waals surface area contributed by atoms with Gasteiger partial charge < -0.3 is 4.55 Å². The Morgan fingerprint density at radius 2 is 1.90 bits per heavy atom. The predicted molar refractivity (Wildman–Crippen MR) is 41.8 cm³/mol. The van der Waals surface area contributed by atoms with Crippen LogP contribution in [0.2, 0.25) is 0 Å². The van der Waals surface area contributed by atoms with Crippen LogP contribution in [0.5, 0.6) is 0 Å². The average molecular weight is 176 g/mol. The van der Waals surface area contributed by atoms with Gasteiger partial charge in [-0.25, -0.2) is 0 Å². The Morgan fingerprint density at radius 3 is 2.40 bits per heavy atom. The van der Waals surface area contributed by atoms with E-state index in [4.69, 9.17) is 11.8 Å². The summed E-state index contributed by atoms with van der Waals surface area (Å²) in [5.41, 5.74) is 0. The van der Waals surface area contributed by atoms with Gasteiger partial charge in [0.15, 0.2) is 4.90 Å². The third kappa shape index (κ3) is 1.88. The molecule has 1 unspecified atom stereocenters. The second-order valence-electron chi connectivity index (χ2n) is 1.66. The molecular formula is C6H6ClNOS. The lowest BCUT2D eigenvalue weighted by atomic mass is 10.4. The molecule has 2 nitrogen and oxygen atoms in total. The van der Waals surface area contributed by atoms with Gasteiger partial charge in [0, 0.05) is 11.8 Å². The molecule has 54 valence electrons. The van der Waals surface area contributed by atoms with Crippen molar-refractivity contribution in [2.75, 3.05) is 0 Å². The lowest BCUT2D eigenvalue weighted by Gasteiger charge is -2.03. The van der Waals surface area contributed by atoms with Crippen molar-refractivity contribution in [1.29, 1.82) is 0 Å². The zero-order valence-electron chi connectivity index (χ0n) is 5.08. The summed E-state index contributed by atoms with van der Waals surface area (Å²) in [6, 6.07) is 8.95. The molecule has 0 fully saturated rings. The summed E-state index contributed by atoms with van der Waals surface area (Å²) in [4.78, 5) is 0.678. The van der Waals surface area contributed by atoms with Crippen molar-refractivity contribution in [3.8, 4) is 0 Å². The van der Waals surface area contributed by atoms with E-state index in [0.717, 1.165) is 0 Å². The molecule has 0 aliphatic carbocycles. The van der Waals surface area contributed by atoms with Crippen LogP contribution < -0.4 is 4.24 Å². The molecule has 0 bridgehead atoms. The van der Waals surface area contributed by atoms with E-state index >= 15 is 0 Å². The molecule has 0 aliphatic rings. The highest BCUT2D eigenvalue weighted by Gasteiger charge is 2.06. The molecule has 0 spiro atoms. The third-order valence-corrected chi connectivity index (χ3v) is 2.29. The lowest BCUT2D eigenvalue weighted by molar-refractivity contribution is 0.593. The predicted octanol–water partition coefficient (Wildman–Crippen LogP) is 1.45. The largest absolute Gasteiger partial charge is 0.592 e. The molecule has 0 amide bonds. The summed E-state index contributed by atoms with van der Waals surface area (Å²) in [5, 5.41) is 0. The van der Waals surface area contributed by atoms with Crippen molar-refractivity contribution in [2.24, 2.45) is 0 Å².